The minimum atomic E-state index is -3.07. The first-order valence-electron chi connectivity index (χ1n) is 4.48. The fraction of sp³-hybridized carbons (Fsp3) is 0.556. The zero-order valence-corrected chi connectivity index (χ0v) is 10.4. The summed E-state index contributed by atoms with van der Waals surface area (Å²) < 4.78 is 22.7. The first-order chi connectivity index (χ1) is 6.82. The van der Waals surface area contributed by atoms with Gasteiger partial charge >= 0.3 is 0 Å². The van der Waals surface area contributed by atoms with Gasteiger partial charge in [-0.1, -0.05) is 18.5 Å². The Labute approximate surface area is 94.6 Å². The molecule has 0 aliphatic heterocycles. The van der Waals surface area contributed by atoms with Crippen molar-refractivity contribution in [2.75, 3.05) is 6.26 Å². The number of hydrogen-bond donors (Lipinski definition) is 0. The lowest BCUT2D eigenvalue weighted by Crippen LogP contribution is -2.23. The van der Waals surface area contributed by atoms with Gasteiger partial charge in [0.15, 0.2) is 9.84 Å². The van der Waals surface area contributed by atoms with Crippen LogP contribution in [0, 0.1) is 0 Å². The van der Waals surface area contributed by atoms with Gasteiger partial charge in [-0.3, -0.25) is 0 Å². The van der Waals surface area contributed by atoms with Gasteiger partial charge in [-0.25, -0.2) is 18.4 Å². The number of aromatic nitrogens is 2. The summed E-state index contributed by atoms with van der Waals surface area (Å²) >= 11 is 5.64. The summed E-state index contributed by atoms with van der Waals surface area (Å²) in [4.78, 5) is 8.01. The van der Waals surface area contributed by atoms with Gasteiger partial charge < -0.3 is 0 Å². The van der Waals surface area contributed by atoms with Crippen LogP contribution >= 0.6 is 11.6 Å². The van der Waals surface area contributed by atoms with E-state index in [9.17, 15) is 8.42 Å². The second-order valence-corrected chi connectivity index (χ2v) is 6.42. The van der Waals surface area contributed by atoms with Crippen molar-refractivity contribution >= 4 is 21.4 Å². The van der Waals surface area contributed by atoms with E-state index in [1.807, 2.05) is 0 Å². The van der Waals surface area contributed by atoms with Gasteiger partial charge in [0.25, 0.3) is 0 Å². The quantitative estimate of drug-likeness (QED) is 0.816. The van der Waals surface area contributed by atoms with Crippen LogP contribution in [0.5, 0.6) is 0 Å². The highest BCUT2D eigenvalue weighted by atomic mass is 35.5. The Morgan fingerprint density at radius 3 is 2.13 bits per heavy atom. The average molecular weight is 249 g/mol. The molecule has 0 saturated carbocycles. The summed E-state index contributed by atoms with van der Waals surface area (Å²) in [5.41, 5.74) is 0. The van der Waals surface area contributed by atoms with Crippen LogP contribution in [0.1, 0.15) is 25.6 Å². The summed E-state index contributed by atoms with van der Waals surface area (Å²) in [5.74, 6) is 0.259. The normalized spacial score (nSPS) is 16.0. The lowest BCUT2D eigenvalue weighted by Gasteiger charge is -2.16. The minimum Gasteiger partial charge on any atom is -0.239 e. The van der Waals surface area contributed by atoms with Crippen molar-refractivity contribution in [1.82, 2.24) is 9.97 Å². The predicted octanol–water partition coefficient (Wildman–Crippen LogP) is 1.67. The maximum absolute atomic E-state index is 11.3. The Bertz CT molecular complexity index is 430. The molecule has 0 N–H and O–H groups in total. The monoisotopic (exact) mass is 248 g/mol. The molecular weight excluding hydrogens is 236 g/mol. The molecule has 1 rings (SSSR count). The lowest BCUT2D eigenvalue weighted by molar-refractivity contribution is 0.569. The van der Waals surface area contributed by atoms with Gasteiger partial charge in [0.2, 0.25) is 0 Å². The molecule has 0 spiro atoms. The number of hydrogen-bond acceptors (Lipinski definition) is 4. The van der Waals surface area contributed by atoms with Crippen LogP contribution < -0.4 is 0 Å². The van der Waals surface area contributed by atoms with Gasteiger partial charge in [-0.05, 0) is 6.92 Å². The number of sulfone groups is 1. The Hall–Kier alpha value is -0.680. The first-order valence-corrected chi connectivity index (χ1v) is 6.82. The molecule has 0 unspecified atom stereocenters. The minimum absolute atomic E-state index is 0.239. The molecule has 0 fully saturated rings. The standard InChI is InChI=1S/C9H13ClN2O2S/c1-6(7(2)15(3,13)14)9-11-4-8(10)5-12-9/h4-7H,1-3H3/t6-,7-/m0/s1. The van der Waals surface area contributed by atoms with Gasteiger partial charge in [-0.2, -0.15) is 0 Å². The van der Waals surface area contributed by atoms with E-state index in [2.05, 4.69) is 9.97 Å². The van der Waals surface area contributed by atoms with E-state index in [1.165, 1.54) is 18.6 Å². The highest BCUT2D eigenvalue weighted by Crippen LogP contribution is 2.20. The molecule has 0 bridgehead atoms. The smallest absolute Gasteiger partial charge is 0.150 e. The molecule has 2 atom stereocenters. The van der Waals surface area contributed by atoms with Gasteiger partial charge in [0, 0.05) is 24.6 Å². The Morgan fingerprint density at radius 1 is 1.27 bits per heavy atom. The maximum Gasteiger partial charge on any atom is 0.150 e. The van der Waals surface area contributed by atoms with E-state index < -0.39 is 15.1 Å². The molecule has 0 aromatic carbocycles. The predicted molar refractivity (Wildman–Crippen MR) is 59.8 cm³/mol. The summed E-state index contributed by atoms with van der Waals surface area (Å²) in [6.45, 7) is 3.44. The second kappa shape index (κ2) is 4.45. The van der Waals surface area contributed by atoms with Gasteiger partial charge in [-0.15, -0.1) is 0 Å². The number of nitrogens with zero attached hydrogens (tertiary/aromatic N) is 2. The van der Waals surface area contributed by atoms with Crippen molar-refractivity contribution in [3.8, 4) is 0 Å². The molecule has 0 saturated heterocycles. The van der Waals surface area contributed by atoms with E-state index in [4.69, 9.17) is 11.6 Å². The molecule has 0 amide bonds. The van der Waals surface area contributed by atoms with E-state index in [-0.39, 0.29) is 5.92 Å². The zero-order valence-electron chi connectivity index (χ0n) is 8.81. The SMILES string of the molecule is C[C@H](c1ncc(Cl)cn1)[C@H](C)S(C)(=O)=O. The molecule has 1 heterocycles. The third-order valence-corrected chi connectivity index (χ3v) is 4.38. The third-order valence-electron chi connectivity index (χ3n) is 2.43. The molecule has 15 heavy (non-hydrogen) atoms. The Kier molecular flexibility index (Phi) is 3.67. The fourth-order valence-corrected chi connectivity index (χ4v) is 2.10. The van der Waals surface area contributed by atoms with E-state index in [1.54, 1.807) is 13.8 Å². The van der Waals surface area contributed by atoms with Crippen LogP contribution in [-0.2, 0) is 9.84 Å². The molecular formula is C9H13ClN2O2S. The van der Waals surface area contributed by atoms with Gasteiger partial charge in [0.1, 0.15) is 5.82 Å². The van der Waals surface area contributed by atoms with Crippen LogP contribution in [0.3, 0.4) is 0 Å². The lowest BCUT2D eigenvalue weighted by atomic mass is 10.1. The molecule has 6 heteroatoms. The van der Waals surface area contributed by atoms with Crippen LogP contribution in [-0.4, -0.2) is 29.9 Å². The van der Waals surface area contributed by atoms with Gasteiger partial charge in [0.05, 0.1) is 10.3 Å². The van der Waals surface area contributed by atoms with Crippen LogP contribution in [0.25, 0.3) is 0 Å². The van der Waals surface area contributed by atoms with Crippen molar-refractivity contribution in [2.45, 2.75) is 25.0 Å². The molecule has 0 aliphatic carbocycles. The largest absolute Gasteiger partial charge is 0.239 e. The fourth-order valence-electron chi connectivity index (χ4n) is 1.14. The van der Waals surface area contributed by atoms with Crippen LogP contribution in [0.4, 0.5) is 0 Å². The number of halogens is 1. The van der Waals surface area contributed by atoms with Crippen molar-refractivity contribution in [3.05, 3.63) is 23.2 Å². The molecule has 0 radical (unpaired) electrons. The molecule has 1 aromatic rings. The van der Waals surface area contributed by atoms with Crippen molar-refractivity contribution in [3.63, 3.8) is 0 Å². The molecule has 4 nitrogen and oxygen atoms in total. The Morgan fingerprint density at radius 2 is 1.73 bits per heavy atom. The second-order valence-electron chi connectivity index (χ2n) is 3.58. The summed E-state index contributed by atoms with van der Waals surface area (Å²) in [6, 6.07) is 0. The zero-order chi connectivity index (χ0) is 11.6. The highest BCUT2D eigenvalue weighted by Gasteiger charge is 2.25. The van der Waals surface area contributed by atoms with E-state index >= 15 is 0 Å². The average Bonchev–Trinajstić information content (AvgIpc) is 2.15. The first kappa shape index (κ1) is 12.4. The van der Waals surface area contributed by atoms with Crippen LogP contribution in [0.2, 0.25) is 5.02 Å². The van der Waals surface area contributed by atoms with Crippen molar-refractivity contribution in [2.24, 2.45) is 0 Å². The Balaban J connectivity index is 2.95. The maximum atomic E-state index is 11.3. The summed E-state index contributed by atoms with van der Waals surface area (Å²) in [6.07, 6.45) is 4.15. The molecule has 1 aromatic heterocycles. The third kappa shape index (κ3) is 3.14. The molecule has 0 aliphatic rings. The summed E-state index contributed by atoms with van der Waals surface area (Å²) in [5, 5.41) is -0.0587. The van der Waals surface area contributed by atoms with Crippen molar-refractivity contribution < 1.29 is 8.42 Å². The highest BCUT2D eigenvalue weighted by molar-refractivity contribution is 7.91. The van der Waals surface area contributed by atoms with Crippen LogP contribution in [0.15, 0.2) is 12.4 Å². The molecule has 84 valence electrons. The topological polar surface area (TPSA) is 59.9 Å². The van der Waals surface area contributed by atoms with Crippen molar-refractivity contribution in [1.29, 1.82) is 0 Å². The number of rotatable bonds is 3. The van der Waals surface area contributed by atoms with E-state index in [0.717, 1.165) is 0 Å². The van der Waals surface area contributed by atoms with E-state index in [0.29, 0.717) is 10.8 Å². The summed E-state index contributed by atoms with van der Waals surface area (Å²) in [7, 11) is -3.07.